The van der Waals surface area contributed by atoms with Crippen LogP contribution in [0.5, 0.6) is 0 Å². The molecule has 35 heavy (non-hydrogen) atoms. The number of benzene rings is 2. The molecule has 0 fully saturated rings. The van der Waals surface area contributed by atoms with Crippen LogP contribution in [0.1, 0.15) is 31.2 Å². The van der Waals surface area contributed by atoms with Crippen LogP contribution in [0.15, 0.2) is 71.7 Å². The Bertz CT molecular complexity index is 1230. The fourth-order valence-corrected chi connectivity index (χ4v) is 4.49. The molecule has 2 aromatic carbocycles. The lowest BCUT2D eigenvalue weighted by Gasteiger charge is -2.29. The average Bonchev–Trinajstić information content (AvgIpc) is 3.31. The molecule has 2 amide bonds. The van der Waals surface area contributed by atoms with Gasteiger partial charge in [0.25, 0.3) is 0 Å². The fraction of sp³-hybridized carbons (Fsp3) is 0.200. The van der Waals surface area contributed by atoms with Gasteiger partial charge >= 0.3 is 18.2 Å². The molecule has 180 valence electrons. The van der Waals surface area contributed by atoms with Gasteiger partial charge in [0.1, 0.15) is 18.1 Å². The number of hydrogen-bond acceptors (Lipinski definition) is 6. The van der Waals surface area contributed by atoms with Crippen LogP contribution >= 0.6 is 11.3 Å². The van der Waals surface area contributed by atoms with Crippen LogP contribution < -0.4 is 5.32 Å². The molecule has 0 radical (unpaired) electrons. The number of nitrogens with zero attached hydrogens (tertiary/aromatic N) is 2. The largest absolute Gasteiger partial charge is 0.477 e. The van der Waals surface area contributed by atoms with Gasteiger partial charge in [-0.2, -0.15) is 0 Å². The van der Waals surface area contributed by atoms with Gasteiger partial charge in [0.15, 0.2) is 0 Å². The number of alkyl carbamates (subject to hydrolysis) is 1. The van der Waals surface area contributed by atoms with Crippen molar-refractivity contribution in [2.24, 2.45) is 4.99 Å². The van der Waals surface area contributed by atoms with Crippen molar-refractivity contribution in [3.63, 3.8) is 0 Å². The predicted octanol–water partition coefficient (Wildman–Crippen LogP) is 4.42. The van der Waals surface area contributed by atoms with Crippen LogP contribution in [-0.4, -0.2) is 40.7 Å². The molecule has 2 heterocycles. The molecule has 0 saturated heterocycles. The molecule has 1 aromatic heterocycles. The zero-order valence-corrected chi connectivity index (χ0v) is 19.5. The zero-order valence-electron chi connectivity index (χ0n) is 18.7. The van der Waals surface area contributed by atoms with Crippen molar-refractivity contribution in [1.82, 2.24) is 10.2 Å². The van der Waals surface area contributed by atoms with E-state index in [1.807, 2.05) is 60.7 Å². The first kappa shape index (κ1) is 24.0. The van der Waals surface area contributed by atoms with Gasteiger partial charge in [0.2, 0.25) is 5.96 Å². The van der Waals surface area contributed by atoms with E-state index in [9.17, 15) is 19.5 Å². The number of amides is 2. The lowest BCUT2D eigenvalue weighted by atomic mass is 10.1. The monoisotopic (exact) mass is 493 g/mol. The van der Waals surface area contributed by atoms with E-state index < -0.39 is 18.2 Å². The van der Waals surface area contributed by atoms with Crippen molar-refractivity contribution in [2.75, 3.05) is 6.54 Å². The summed E-state index contributed by atoms with van der Waals surface area (Å²) in [5, 5.41) is 11.8. The minimum atomic E-state index is -0.989. The Morgan fingerprint density at radius 1 is 0.971 bits per heavy atom. The maximum Gasteiger partial charge on any atom is 0.437 e. The van der Waals surface area contributed by atoms with Crippen molar-refractivity contribution in [3.8, 4) is 0 Å². The van der Waals surface area contributed by atoms with Crippen molar-refractivity contribution in [3.05, 3.63) is 93.2 Å². The second kappa shape index (κ2) is 11.3. The zero-order chi connectivity index (χ0) is 24.6. The summed E-state index contributed by atoms with van der Waals surface area (Å²) in [5.74, 6) is -1.01. The first-order valence-electron chi connectivity index (χ1n) is 10.8. The summed E-state index contributed by atoms with van der Waals surface area (Å²) in [4.78, 5) is 43.2. The number of aliphatic imine (C=N–C) groups is 1. The van der Waals surface area contributed by atoms with Gasteiger partial charge in [-0.15, -0.1) is 16.3 Å². The van der Waals surface area contributed by atoms with E-state index in [1.54, 1.807) is 11.0 Å². The number of aromatic carboxylic acids is 1. The first-order valence-corrected chi connectivity index (χ1v) is 11.7. The molecule has 0 saturated carbocycles. The summed E-state index contributed by atoms with van der Waals surface area (Å²) in [6.45, 7) is 0.791. The highest BCUT2D eigenvalue weighted by Gasteiger charge is 2.25. The van der Waals surface area contributed by atoms with E-state index in [1.165, 1.54) is 11.3 Å². The van der Waals surface area contributed by atoms with Gasteiger partial charge in [0.05, 0.1) is 0 Å². The minimum Gasteiger partial charge on any atom is -0.477 e. The molecular formula is C25H23N3O6S. The van der Waals surface area contributed by atoms with E-state index >= 15 is 0 Å². The summed E-state index contributed by atoms with van der Waals surface area (Å²) < 4.78 is 10.5. The van der Waals surface area contributed by atoms with E-state index in [4.69, 9.17) is 9.47 Å². The highest BCUT2D eigenvalue weighted by Crippen LogP contribution is 2.28. The molecule has 1 aliphatic rings. The molecule has 1 aliphatic heterocycles. The standard InChI is InChI=1S/C25H23N3O6S/c29-22(30)21-13-19-14-28(12-11-20(19)35-21)23(26-24(31)33-15-17-7-3-1-4-8-17)27-25(32)34-16-18-9-5-2-6-10-18/h1-10,13H,11-12,14-16H2,(H,29,30)(H,26,27,31,32). The second-order valence-electron chi connectivity index (χ2n) is 7.70. The third-order valence-corrected chi connectivity index (χ3v) is 6.43. The van der Waals surface area contributed by atoms with Gasteiger partial charge in [-0.1, -0.05) is 60.7 Å². The fourth-order valence-electron chi connectivity index (χ4n) is 3.49. The predicted molar refractivity (Wildman–Crippen MR) is 129 cm³/mol. The Labute approximate surface area is 205 Å². The van der Waals surface area contributed by atoms with Crippen LogP contribution in [0.3, 0.4) is 0 Å². The number of fused-ring (bicyclic) bond motifs is 1. The van der Waals surface area contributed by atoms with E-state index in [0.29, 0.717) is 13.0 Å². The summed E-state index contributed by atoms with van der Waals surface area (Å²) in [5.41, 5.74) is 2.42. The van der Waals surface area contributed by atoms with Crippen molar-refractivity contribution < 1.29 is 29.0 Å². The van der Waals surface area contributed by atoms with Gasteiger partial charge in [-0.3, -0.25) is 5.32 Å². The number of ether oxygens (including phenoxy) is 2. The van der Waals surface area contributed by atoms with Gasteiger partial charge < -0.3 is 19.5 Å². The van der Waals surface area contributed by atoms with E-state index in [-0.39, 0.29) is 30.6 Å². The number of rotatable bonds is 5. The molecule has 0 spiro atoms. The molecule has 0 atom stereocenters. The Hall–Kier alpha value is -4.18. The van der Waals surface area contributed by atoms with Crippen LogP contribution in [0.4, 0.5) is 9.59 Å². The number of guanidine groups is 1. The SMILES string of the molecule is O=C(N=C(NC(=O)OCc1ccccc1)N1CCc2sc(C(=O)O)cc2C1)OCc1ccccc1. The summed E-state index contributed by atoms with van der Waals surface area (Å²) in [7, 11) is 0. The van der Waals surface area contributed by atoms with Crippen LogP contribution in [0, 0.1) is 0 Å². The molecular weight excluding hydrogens is 470 g/mol. The Kier molecular flexibility index (Phi) is 7.74. The average molecular weight is 494 g/mol. The first-order chi connectivity index (χ1) is 17.0. The van der Waals surface area contributed by atoms with Crippen LogP contribution in [0.2, 0.25) is 0 Å². The second-order valence-corrected chi connectivity index (χ2v) is 8.83. The maximum atomic E-state index is 12.5. The minimum absolute atomic E-state index is 0.0187. The molecule has 9 nitrogen and oxygen atoms in total. The third-order valence-electron chi connectivity index (χ3n) is 5.21. The number of carboxylic acids is 1. The Morgan fingerprint density at radius 2 is 1.60 bits per heavy atom. The third kappa shape index (κ3) is 6.67. The smallest absolute Gasteiger partial charge is 0.437 e. The number of carbonyl (C=O) groups is 3. The van der Waals surface area contributed by atoms with Gasteiger partial charge in [-0.25, -0.2) is 14.4 Å². The number of carboxylic acid groups (broad SMARTS) is 1. The normalized spacial score (nSPS) is 13.0. The van der Waals surface area contributed by atoms with Gasteiger partial charge in [0, 0.05) is 18.0 Å². The molecule has 0 aliphatic carbocycles. The molecule has 0 bridgehead atoms. The molecule has 0 unspecified atom stereocenters. The number of carbonyl (C=O) groups excluding carboxylic acids is 2. The quantitative estimate of drug-likeness (QED) is 0.399. The summed E-state index contributed by atoms with van der Waals surface area (Å²) in [6, 6.07) is 20.0. The van der Waals surface area contributed by atoms with Crippen molar-refractivity contribution in [2.45, 2.75) is 26.2 Å². The molecule has 10 heteroatoms. The Balaban J connectivity index is 1.46. The van der Waals surface area contributed by atoms with Crippen molar-refractivity contribution >= 4 is 35.5 Å². The number of thiophene rings is 1. The molecule has 3 aromatic rings. The highest BCUT2D eigenvalue weighted by molar-refractivity contribution is 7.14. The van der Waals surface area contributed by atoms with Gasteiger partial charge in [-0.05, 0) is 29.2 Å². The molecule has 2 N–H and O–H groups in total. The maximum absolute atomic E-state index is 12.5. The van der Waals surface area contributed by atoms with E-state index in [2.05, 4.69) is 10.3 Å². The highest BCUT2D eigenvalue weighted by atomic mass is 32.1. The molecule has 4 rings (SSSR count). The number of nitrogens with one attached hydrogen (secondary N) is 1. The van der Waals surface area contributed by atoms with Crippen molar-refractivity contribution in [1.29, 1.82) is 0 Å². The lowest BCUT2D eigenvalue weighted by Crippen LogP contribution is -2.46. The summed E-state index contributed by atoms with van der Waals surface area (Å²) >= 11 is 1.23. The Morgan fingerprint density at radius 3 is 2.23 bits per heavy atom. The summed E-state index contributed by atoms with van der Waals surface area (Å²) in [6.07, 6.45) is -1.09. The van der Waals surface area contributed by atoms with Crippen LogP contribution in [0.25, 0.3) is 0 Å². The van der Waals surface area contributed by atoms with Crippen LogP contribution in [-0.2, 0) is 35.7 Å². The number of hydrogen-bond donors (Lipinski definition) is 2. The van der Waals surface area contributed by atoms with E-state index in [0.717, 1.165) is 21.6 Å². The topological polar surface area (TPSA) is 118 Å². The lowest BCUT2D eigenvalue weighted by molar-refractivity contribution is 0.0702.